The lowest BCUT2D eigenvalue weighted by Crippen LogP contribution is -2.35. The van der Waals surface area contributed by atoms with Gasteiger partial charge in [-0.2, -0.15) is 10.4 Å². The number of ether oxygens (including phenoxy) is 1. The molecular weight excluding hydrogens is 370 g/mol. The van der Waals surface area contributed by atoms with E-state index in [0.717, 1.165) is 11.3 Å². The Morgan fingerprint density at radius 1 is 1.44 bits per heavy atom. The molecular formula is C18H16ClN5O3. The fourth-order valence-corrected chi connectivity index (χ4v) is 2.69. The molecule has 3 aromatic rings. The molecule has 1 unspecified atom stereocenters. The first-order valence-electron chi connectivity index (χ1n) is 8.05. The molecule has 0 saturated heterocycles. The summed E-state index contributed by atoms with van der Waals surface area (Å²) < 4.78 is 11.5. The highest BCUT2D eigenvalue weighted by atomic mass is 35.5. The van der Waals surface area contributed by atoms with E-state index >= 15 is 0 Å². The van der Waals surface area contributed by atoms with E-state index in [9.17, 15) is 4.79 Å². The Hall–Kier alpha value is -3.31. The smallest absolute Gasteiger partial charge is 0.290 e. The first-order valence-corrected chi connectivity index (χ1v) is 8.43. The Bertz CT molecular complexity index is 1000. The highest BCUT2D eigenvalue weighted by Crippen LogP contribution is 2.24. The predicted octanol–water partition coefficient (Wildman–Crippen LogP) is 2.89. The standard InChI is InChI=1S/C18H16ClN5O3/c1-11(21-18(25)16-8-17(26-2)23-27-16)10-24-6-5-15(22-24)12-3-4-13(9-20)14(19)7-12/h3-8,11H,10H2,1-2H3,(H,21,25). The van der Waals surface area contributed by atoms with Gasteiger partial charge in [0.15, 0.2) is 0 Å². The molecule has 27 heavy (non-hydrogen) atoms. The van der Waals surface area contributed by atoms with Gasteiger partial charge in [-0.1, -0.05) is 17.7 Å². The highest BCUT2D eigenvalue weighted by Gasteiger charge is 2.16. The molecule has 1 amide bonds. The van der Waals surface area contributed by atoms with Crippen molar-refractivity contribution in [3.8, 4) is 23.2 Å². The van der Waals surface area contributed by atoms with Gasteiger partial charge in [-0.05, 0) is 30.3 Å². The van der Waals surface area contributed by atoms with Crippen LogP contribution in [0.25, 0.3) is 11.3 Å². The van der Waals surface area contributed by atoms with Crippen LogP contribution in [-0.4, -0.2) is 34.0 Å². The van der Waals surface area contributed by atoms with E-state index < -0.39 is 0 Å². The van der Waals surface area contributed by atoms with E-state index in [4.69, 9.17) is 26.1 Å². The highest BCUT2D eigenvalue weighted by molar-refractivity contribution is 6.32. The van der Waals surface area contributed by atoms with Gasteiger partial charge in [0.2, 0.25) is 5.76 Å². The number of halogens is 1. The van der Waals surface area contributed by atoms with Crippen LogP contribution >= 0.6 is 11.6 Å². The zero-order chi connectivity index (χ0) is 19.4. The normalized spacial score (nSPS) is 11.6. The Labute approximate surface area is 160 Å². The molecule has 8 nitrogen and oxygen atoms in total. The predicted molar refractivity (Wildman–Crippen MR) is 97.4 cm³/mol. The van der Waals surface area contributed by atoms with Crippen LogP contribution in [0, 0.1) is 11.3 Å². The van der Waals surface area contributed by atoms with E-state index in [1.807, 2.05) is 25.3 Å². The topological polar surface area (TPSA) is 106 Å². The second kappa shape index (κ2) is 7.93. The fraction of sp³-hybridized carbons (Fsp3) is 0.222. The van der Waals surface area contributed by atoms with Crippen molar-refractivity contribution in [3.63, 3.8) is 0 Å². The summed E-state index contributed by atoms with van der Waals surface area (Å²) in [6.07, 6.45) is 1.81. The van der Waals surface area contributed by atoms with Gasteiger partial charge in [-0.15, -0.1) is 0 Å². The molecule has 0 fully saturated rings. The SMILES string of the molecule is COc1cc(C(=O)NC(C)Cn2ccc(-c3ccc(C#N)c(Cl)c3)n2)on1. The maximum absolute atomic E-state index is 12.1. The van der Waals surface area contributed by atoms with Crippen LogP contribution in [0.3, 0.4) is 0 Å². The first kappa shape index (κ1) is 18.5. The maximum Gasteiger partial charge on any atom is 0.290 e. The molecule has 1 atom stereocenters. The van der Waals surface area contributed by atoms with Crippen molar-refractivity contribution in [1.29, 1.82) is 5.26 Å². The summed E-state index contributed by atoms with van der Waals surface area (Å²) in [7, 11) is 1.44. The molecule has 138 valence electrons. The number of benzene rings is 1. The quantitative estimate of drug-likeness (QED) is 0.699. The van der Waals surface area contributed by atoms with Crippen molar-refractivity contribution in [2.45, 2.75) is 19.5 Å². The fourth-order valence-electron chi connectivity index (χ4n) is 2.47. The van der Waals surface area contributed by atoms with Crippen LogP contribution in [0.1, 0.15) is 23.0 Å². The molecule has 3 rings (SSSR count). The first-order chi connectivity index (χ1) is 13.0. The summed E-state index contributed by atoms with van der Waals surface area (Å²) in [5, 5.41) is 20.2. The monoisotopic (exact) mass is 385 g/mol. The Morgan fingerprint density at radius 2 is 2.26 bits per heavy atom. The number of carbonyl (C=O) groups is 1. The number of nitrogens with zero attached hydrogens (tertiary/aromatic N) is 4. The molecule has 9 heteroatoms. The average molecular weight is 386 g/mol. The summed E-state index contributed by atoms with van der Waals surface area (Å²) in [6, 6.07) is 10.2. The van der Waals surface area contributed by atoms with Gasteiger partial charge in [0, 0.05) is 17.8 Å². The molecule has 0 radical (unpaired) electrons. The van der Waals surface area contributed by atoms with Crippen molar-refractivity contribution in [1.82, 2.24) is 20.3 Å². The van der Waals surface area contributed by atoms with E-state index in [1.165, 1.54) is 13.2 Å². The van der Waals surface area contributed by atoms with Gasteiger partial charge in [0.25, 0.3) is 11.8 Å². The molecule has 0 spiro atoms. The van der Waals surface area contributed by atoms with Crippen LogP contribution in [0.2, 0.25) is 5.02 Å². The lowest BCUT2D eigenvalue weighted by atomic mass is 10.1. The Balaban J connectivity index is 1.64. The molecule has 2 heterocycles. The minimum atomic E-state index is -0.385. The van der Waals surface area contributed by atoms with Gasteiger partial charge < -0.3 is 14.6 Å². The van der Waals surface area contributed by atoms with E-state index in [0.29, 0.717) is 17.1 Å². The van der Waals surface area contributed by atoms with Crippen molar-refractivity contribution in [3.05, 3.63) is 52.9 Å². The number of methoxy groups -OCH3 is 1. The lowest BCUT2D eigenvalue weighted by Gasteiger charge is -2.12. The number of amides is 1. The third-order valence-electron chi connectivity index (χ3n) is 3.79. The molecule has 1 N–H and O–H groups in total. The minimum absolute atomic E-state index is 0.0760. The Kier molecular flexibility index (Phi) is 5.43. The average Bonchev–Trinajstić information content (AvgIpc) is 3.30. The molecule has 0 aliphatic rings. The summed E-state index contributed by atoms with van der Waals surface area (Å²) in [5.41, 5.74) is 1.95. The minimum Gasteiger partial charge on any atom is -0.479 e. The van der Waals surface area contributed by atoms with E-state index in [-0.39, 0.29) is 23.6 Å². The molecule has 0 bridgehead atoms. The number of nitriles is 1. The van der Waals surface area contributed by atoms with Gasteiger partial charge in [0.05, 0.1) is 36.0 Å². The summed E-state index contributed by atoms with van der Waals surface area (Å²) >= 11 is 6.07. The van der Waals surface area contributed by atoms with Gasteiger partial charge in [-0.25, -0.2) is 0 Å². The molecule has 0 saturated carbocycles. The van der Waals surface area contributed by atoms with Crippen molar-refractivity contribution in [2.24, 2.45) is 0 Å². The zero-order valence-electron chi connectivity index (χ0n) is 14.6. The molecule has 0 aliphatic carbocycles. The lowest BCUT2D eigenvalue weighted by molar-refractivity contribution is 0.0898. The van der Waals surface area contributed by atoms with Crippen LogP contribution < -0.4 is 10.1 Å². The van der Waals surface area contributed by atoms with Crippen molar-refractivity contribution in [2.75, 3.05) is 7.11 Å². The van der Waals surface area contributed by atoms with Crippen molar-refractivity contribution >= 4 is 17.5 Å². The molecule has 0 aliphatic heterocycles. The van der Waals surface area contributed by atoms with Gasteiger partial charge in [0.1, 0.15) is 6.07 Å². The largest absolute Gasteiger partial charge is 0.479 e. The van der Waals surface area contributed by atoms with Crippen LogP contribution in [-0.2, 0) is 6.54 Å². The zero-order valence-corrected chi connectivity index (χ0v) is 15.4. The van der Waals surface area contributed by atoms with E-state index in [2.05, 4.69) is 15.6 Å². The number of hydrogen-bond acceptors (Lipinski definition) is 6. The van der Waals surface area contributed by atoms with Gasteiger partial charge >= 0.3 is 0 Å². The number of aromatic nitrogens is 3. The Morgan fingerprint density at radius 3 is 2.93 bits per heavy atom. The third-order valence-corrected chi connectivity index (χ3v) is 4.10. The summed E-state index contributed by atoms with van der Waals surface area (Å²) in [4.78, 5) is 12.1. The van der Waals surface area contributed by atoms with E-state index in [1.54, 1.807) is 22.9 Å². The van der Waals surface area contributed by atoms with Gasteiger partial charge in [-0.3, -0.25) is 9.48 Å². The number of carbonyl (C=O) groups excluding carboxylic acids is 1. The van der Waals surface area contributed by atoms with Crippen LogP contribution in [0.4, 0.5) is 0 Å². The molecule has 2 aromatic heterocycles. The summed E-state index contributed by atoms with van der Waals surface area (Å²) in [6.45, 7) is 2.31. The second-order valence-electron chi connectivity index (χ2n) is 5.84. The van der Waals surface area contributed by atoms with Crippen molar-refractivity contribution < 1.29 is 14.1 Å². The number of rotatable bonds is 6. The summed E-state index contributed by atoms with van der Waals surface area (Å²) in [5.74, 6) is -0.0674. The number of hydrogen-bond donors (Lipinski definition) is 1. The maximum atomic E-state index is 12.1. The third kappa shape index (κ3) is 4.27. The molecule has 1 aromatic carbocycles. The number of nitrogens with one attached hydrogen (secondary N) is 1. The van der Waals surface area contributed by atoms with Crippen LogP contribution in [0.15, 0.2) is 41.1 Å². The second-order valence-corrected chi connectivity index (χ2v) is 6.24. The van der Waals surface area contributed by atoms with Crippen LogP contribution in [0.5, 0.6) is 5.88 Å².